The van der Waals surface area contributed by atoms with Crippen molar-refractivity contribution >= 4 is 17.8 Å². The molecule has 5 nitrogen and oxygen atoms in total. The highest BCUT2D eigenvalue weighted by Gasteiger charge is 2.18. The van der Waals surface area contributed by atoms with Crippen molar-refractivity contribution < 1.29 is 14.0 Å². The number of hydroxylamine groups is 2. The van der Waals surface area contributed by atoms with E-state index in [0.29, 0.717) is 0 Å². The van der Waals surface area contributed by atoms with Crippen LogP contribution in [0.25, 0.3) is 0 Å². The molecular formula is C10H12FN3O2. The molecule has 0 spiro atoms. The summed E-state index contributed by atoms with van der Waals surface area (Å²) in [6, 6.07) is 2.35. The van der Waals surface area contributed by atoms with Crippen LogP contribution < -0.4 is 5.73 Å². The molecule has 0 aliphatic carbocycles. The smallest absolute Gasteiger partial charge is 0.277 e. The molecule has 0 atom stereocenters. The molecule has 0 aliphatic heterocycles. The number of rotatable bonds is 3. The quantitative estimate of drug-likeness (QED) is 0.458. The number of hydrogen-bond acceptors (Lipinski definition) is 4. The summed E-state index contributed by atoms with van der Waals surface area (Å²) in [5.74, 6) is -1.15. The number of carbonyl (C=O) groups excluding carboxylic acids is 1. The number of nitrogens with zero attached hydrogens (tertiary/aromatic N) is 1. The van der Waals surface area contributed by atoms with E-state index in [-0.39, 0.29) is 16.8 Å². The Labute approximate surface area is 92.1 Å². The lowest BCUT2D eigenvalue weighted by atomic mass is 10.1. The topological polar surface area (TPSA) is 79.4 Å². The zero-order chi connectivity index (χ0) is 12.3. The van der Waals surface area contributed by atoms with Crippen LogP contribution >= 0.6 is 0 Å². The maximum absolute atomic E-state index is 13.1. The van der Waals surface area contributed by atoms with Crippen molar-refractivity contribution in [3.63, 3.8) is 0 Å². The van der Waals surface area contributed by atoms with Crippen LogP contribution in [0, 0.1) is 11.2 Å². The average molecular weight is 225 g/mol. The van der Waals surface area contributed by atoms with Gasteiger partial charge >= 0.3 is 0 Å². The molecule has 6 heteroatoms. The highest BCUT2D eigenvalue weighted by molar-refractivity contribution is 6.04. The molecule has 0 bridgehead atoms. The summed E-state index contributed by atoms with van der Waals surface area (Å²) in [4.78, 5) is 16.4. The SMILES string of the molecule is CON(C)C(=O)c1ccc(F)c(N)c1C=N. The lowest BCUT2D eigenvalue weighted by molar-refractivity contribution is -0.0757. The van der Waals surface area contributed by atoms with Gasteiger partial charge in [0.2, 0.25) is 0 Å². The highest BCUT2D eigenvalue weighted by atomic mass is 19.1. The van der Waals surface area contributed by atoms with Crippen molar-refractivity contribution in [2.75, 3.05) is 19.9 Å². The third-order valence-corrected chi connectivity index (χ3v) is 2.17. The fraction of sp³-hybridized carbons (Fsp3) is 0.200. The van der Waals surface area contributed by atoms with Gasteiger partial charge in [0.1, 0.15) is 5.82 Å². The molecule has 1 aromatic rings. The van der Waals surface area contributed by atoms with Crippen LogP contribution in [0.5, 0.6) is 0 Å². The van der Waals surface area contributed by atoms with E-state index >= 15 is 0 Å². The van der Waals surface area contributed by atoms with Crippen LogP contribution in [0.1, 0.15) is 15.9 Å². The fourth-order valence-electron chi connectivity index (χ4n) is 1.20. The van der Waals surface area contributed by atoms with Gasteiger partial charge in [0.25, 0.3) is 5.91 Å². The summed E-state index contributed by atoms with van der Waals surface area (Å²) in [6.45, 7) is 0. The monoisotopic (exact) mass is 225 g/mol. The first-order valence-corrected chi connectivity index (χ1v) is 4.43. The van der Waals surface area contributed by atoms with E-state index in [1.54, 1.807) is 0 Å². The van der Waals surface area contributed by atoms with Crippen molar-refractivity contribution in [1.29, 1.82) is 5.41 Å². The predicted molar refractivity (Wildman–Crippen MR) is 57.8 cm³/mol. The second-order valence-corrected chi connectivity index (χ2v) is 3.05. The number of halogens is 1. The second-order valence-electron chi connectivity index (χ2n) is 3.05. The van der Waals surface area contributed by atoms with E-state index in [0.717, 1.165) is 17.3 Å². The van der Waals surface area contributed by atoms with Crippen molar-refractivity contribution in [2.45, 2.75) is 0 Å². The molecule has 0 aliphatic rings. The number of anilines is 1. The van der Waals surface area contributed by atoms with Gasteiger partial charge in [-0.15, -0.1) is 0 Å². The highest BCUT2D eigenvalue weighted by Crippen LogP contribution is 2.20. The minimum Gasteiger partial charge on any atom is -0.396 e. The van der Waals surface area contributed by atoms with Gasteiger partial charge in [0, 0.05) is 18.8 Å². The molecule has 0 aromatic heterocycles. The van der Waals surface area contributed by atoms with Gasteiger partial charge in [0.05, 0.1) is 18.4 Å². The van der Waals surface area contributed by atoms with E-state index < -0.39 is 11.7 Å². The molecule has 0 heterocycles. The standard InChI is InChI=1S/C10H12FN3O2/c1-14(16-2)10(15)6-3-4-8(11)9(13)7(6)5-12/h3-5,12H,13H2,1-2H3. The number of carbonyl (C=O) groups is 1. The third-order valence-electron chi connectivity index (χ3n) is 2.17. The Kier molecular flexibility index (Phi) is 3.57. The molecule has 3 N–H and O–H groups in total. The number of nitrogen functional groups attached to an aromatic ring is 1. The van der Waals surface area contributed by atoms with Gasteiger partial charge in [-0.2, -0.15) is 0 Å². The molecule has 86 valence electrons. The fourth-order valence-corrected chi connectivity index (χ4v) is 1.20. The summed E-state index contributed by atoms with van der Waals surface area (Å²) in [7, 11) is 2.74. The number of nitrogens with one attached hydrogen (secondary N) is 1. The molecule has 0 fully saturated rings. The Bertz CT molecular complexity index is 434. The third kappa shape index (κ3) is 2.01. The Morgan fingerprint density at radius 3 is 2.75 bits per heavy atom. The Balaban J connectivity index is 3.29. The summed E-state index contributed by atoms with van der Waals surface area (Å²) < 4.78 is 13.1. The lowest BCUT2D eigenvalue weighted by Crippen LogP contribution is -2.26. The van der Waals surface area contributed by atoms with Gasteiger partial charge in [-0.05, 0) is 12.1 Å². The summed E-state index contributed by atoms with van der Waals surface area (Å²) in [6.07, 6.45) is 0.842. The van der Waals surface area contributed by atoms with Crippen LogP contribution in [-0.2, 0) is 4.84 Å². The molecule has 0 unspecified atom stereocenters. The molecule has 1 amide bonds. The second kappa shape index (κ2) is 4.71. The lowest BCUT2D eigenvalue weighted by Gasteiger charge is -2.15. The Hall–Kier alpha value is -1.95. The summed E-state index contributed by atoms with van der Waals surface area (Å²) in [5.41, 5.74) is 5.39. The maximum atomic E-state index is 13.1. The van der Waals surface area contributed by atoms with Gasteiger partial charge in [-0.25, -0.2) is 9.45 Å². The number of amides is 1. The van der Waals surface area contributed by atoms with Crippen LogP contribution in [0.2, 0.25) is 0 Å². The first-order valence-electron chi connectivity index (χ1n) is 4.43. The van der Waals surface area contributed by atoms with Crippen LogP contribution in [0.3, 0.4) is 0 Å². The Morgan fingerprint density at radius 1 is 1.62 bits per heavy atom. The molecule has 1 aromatic carbocycles. The van der Waals surface area contributed by atoms with Crippen molar-refractivity contribution in [1.82, 2.24) is 5.06 Å². The summed E-state index contributed by atoms with van der Waals surface area (Å²) in [5, 5.41) is 8.10. The van der Waals surface area contributed by atoms with Crippen molar-refractivity contribution in [3.8, 4) is 0 Å². The maximum Gasteiger partial charge on any atom is 0.277 e. The van der Waals surface area contributed by atoms with Gasteiger partial charge in [-0.3, -0.25) is 9.63 Å². The molecule has 16 heavy (non-hydrogen) atoms. The van der Waals surface area contributed by atoms with E-state index in [1.807, 2.05) is 0 Å². The summed E-state index contributed by atoms with van der Waals surface area (Å²) >= 11 is 0. The Morgan fingerprint density at radius 2 is 2.25 bits per heavy atom. The van der Waals surface area contributed by atoms with Crippen molar-refractivity contribution in [3.05, 3.63) is 29.1 Å². The molecular weight excluding hydrogens is 213 g/mol. The minimum atomic E-state index is -0.657. The average Bonchev–Trinajstić information content (AvgIpc) is 2.30. The zero-order valence-corrected chi connectivity index (χ0v) is 8.95. The molecule has 0 saturated heterocycles. The van der Waals surface area contributed by atoms with Gasteiger partial charge in [0.15, 0.2) is 0 Å². The van der Waals surface area contributed by atoms with E-state index in [9.17, 15) is 9.18 Å². The zero-order valence-electron chi connectivity index (χ0n) is 8.95. The van der Waals surface area contributed by atoms with Gasteiger partial charge < -0.3 is 11.1 Å². The van der Waals surface area contributed by atoms with Crippen molar-refractivity contribution in [2.24, 2.45) is 0 Å². The number of benzene rings is 1. The van der Waals surface area contributed by atoms with Crippen LogP contribution in [0.15, 0.2) is 12.1 Å². The molecule has 1 rings (SSSR count). The van der Waals surface area contributed by atoms with E-state index in [2.05, 4.69) is 0 Å². The molecule has 0 saturated carbocycles. The number of nitrogens with two attached hydrogens (primary N) is 1. The van der Waals surface area contributed by atoms with Crippen LogP contribution in [0.4, 0.5) is 10.1 Å². The predicted octanol–water partition coefficient (Wildman–Crippen LogP) is 1.04. The van der Waals surface area contributed by atoms with E-state index in [1.165, 1.54) is 20.2 Å². The first kappa shape index (κ1) is 12.1. The largest absolute Gasteiger partial charge is 0.396 e. The van der Waals surface area contributed by atoms with Gasteiger partial charge in [-0.1, -0.05) is 0 Å². The molecule has 0 radical (unpaired) electrons. The first-order chi connectivity index (χ1) is 7.52. The number of hydrogen-bond donors (Lipinski definition) is 2. The van der Waals surface area contributed by atoms with E-state index in [4.69, 9.17) is 16.0 Å². The normalized spacial score (nSPS) is 9.94. The minimum absolute atomic E-state index is 0.0499. The van der Waals surface area contributed by atoms with Crippen LogP contribution in [-0.4, -0.2) is 31.3 Å².